The fourth-order valence-electron chi connectivity index (χ4n) is 1.13. The maximum absolute atomic E-state index is 11.9. The van der Waals surface area contributed by atoms with Gasteiger partial charge in [0.25, 0.3) is 0 Å². The molecule has 0 aromatic rings. The van der Waals surface area contributed by atoms with Crippen LogP contribution in [0.3, 0.4) is 0 Å². The molecule has 0 spiro atoms. The normalized spacial score (nSPS) is 13.2. The maximum Gasteiger partial charge on any atom is 0.179 e. The van der Waals surface area contributed by atoms with Crippen molar-refractivity contribution in [3.8, 4) is 6.07 Å². The number of Topliss-reactive ketones (excluding diaryl/α,β-unsaturated/α-hetero) is 1. The lowest BCUT2D eigenvalue weighted by atomic mass is 10.1. The Morgan fingerprint density at radius 1 is 1.56 bits per heavy atom. The van der Waals surface area contributed by atoms with E-state index in [0.717, 1.165) is 0 Å². The van der Waals surface area contributed by atoms with Crippen molar-refractivity contribution < 1.29 is 4.79 Å². The minimum Gasteiger partial charge on any atom is -0.404 e. The SMILES string of the molecule is CCN=C(Br)/C(=C\N)CC(=O)/C(C#N)=C\N(C)C. The van der Waals surface area contributed by atoms with E-state index in [1.165, 1.54) is 12.4 Å². The lowest BCUT2D eigenvalue weighted by Gasteiger charge is -2.07. The Balaban J connectivity index is 4.95. The van der Waals surface area contributed by atoms with Gasteiger partial charge >= 0.3 is 0 Å². The van der Waals surface area contributed by atoms with Crippen molar-refractivity contribution in [2.45, 2.75) is 13.3 Å². The molecule has 0 saturated heterocycles. The van der Waals surface area contributed by atoms with Gasteiger partial charge in [0.05, 0.1) is 0 Å². The molecule has 0 aromatic heterocycles. The third-order valence-electron chi connectivity index (χ3n) is 1.92. The van der Waals surface area contributed by atoms with Crippen molar-refractivity contribution in [3.63, 3.8) is 0 Å². The van der Waals surface area contributed by atoms with Gasteiger partial charge in [-0.15, -0.1) is 0 Å². The number of halogens is 1. The number of ketones is 1. The molecule has 0 rings (SSSR count). The lowest BCUT2D eigenvalue weighted by molar-refractivity contribution is -0.114. The second-order valence-electron chi connectivity index (χ2n) is 3.68. The highest BCUT2D eigenvalue weighted by atomic mass is 79.9. The third-order valence-corrected chi connectivity index (χ3v) is 2.68. The Bertz CT molecular complexity index is 430. The third kappa shape index (κ3) is 5.64. The zero-order valence-corrected chi connectivity index (χ0v) is 12.4. The molecule has 0 heterocycles. The number of hydrogen-bond acceptors (Lipinski definition) is 5. The second kappa shape index (κ2) is 8.48. The Kier molecular flexibility index (Phi) is 7.72. The number of rotatable bonds is 6. The quantitative estimate of drug-likeness (QED) is 0.458. The minimum absolute atomic E-state index is 0.0494. The van der Waals surface area contributed by atoms with Gasteiger partial charge in [0.15, 0.2) is 5.78 Å². The molecule has 0 aliphatic heterocycles. The number of nitriles is 1. The topological polar surface area (TPSA) is 82.5 Å². The first kappa shape index (κ1) is 16.4. The van der Waals surface area contributed by atoms with Crippen molar-refractivity contribution in [2.24, 2.45) is 10.7 Å². The molecule has 98 valence electrons. The average Bonchev–Trinajstić information content (AvgIpc) is 2.32. The van der Waals surface area contributed by atoms with Crippen LogP contribution in [0.4, 0.5) is 0 Å². The van der Waals surface area contributed by atoms with E-state index in [1.54, 1.807) is 19.0 Å². The molecular formula is C12H17BrN4O. The van der Waals surface area contributed by atoms with Crippen LogP contribution in [0, 0.1) is 11.3 Å². The summed E-state index contributed by atoms with van der Waals surface area (Å²) in [5.74, 6) is -0.286. The zero-order chi connectivity index (χ0) is 14.1. The van der Waals surface area contributed by atoms with Gasteiger partial charge in [-0.05, 0) is 22.9 Å². The van der Waals surface area contributed by atoms with Gasteiger partial charge in [0.2, 0.25) is 0 Å². The summed E-state index contributed by atoms with van der Waals surface area (Å²) in [6.45, 7) is 2.47. The highest BCUT2D eigenvalue weighted by Gasteiger charge is 2.14. The number of aliphatic imine (C=N–C) groups is 1. The highest BCUT2D eigenvalue weighted by molar-refractivity contribution is 9.18. The molecule has 0 unspecified atom stereocenters. The Morgan fingerprint density at radius 3 is 2.56 bits per heavy atom. The molecule has 0 saturated carbocycles. The van der Waals surface area contributed by atoms with E-state index in [-0.39, 0.29) is 17.8 Å². The molecule has 0 fully saturated rings. The van der Waals surface area contributed by atoms with Crippen LogP contribution in [0.1, 0.15) is 13.3 Å². The van der Waals surface area contributed by atoms with Gasteiger partial charge in [0.1, 0.15) is 16.3 Å². The summed E-state index contributed by atoms with van der Waals surface area (Å²) in [6.07, 6.45) is 2.86. The van der Waals surface area contributed by atoms with Crippen molar-refractivity contribution in [2.75, 3.05) is 20.6 Å². The fourth-order valence-corrected chi connectivity index (χ4v) is 1.65. The molecule has 6 heteroatoms. The van der Waals surface area contributed by atoms with E-state index >= 15 is 0 Å². The highest BCUT2D eigenvalue weighted by Crippen LogP contribution is 2.13. The van der Waals surface area contributed by atoms with Crippen LogP contribution in [0.15, 0.2) is 28.5 Å². The summed E-state index contributed by atoms with van der Waals surface area (Å²) < 4.78 is 0.544. The standard InChI is InChI=1S/C12H17BrN4O/c1-4-16-12(13)9(6-14)5-11(18)10(7-15)8-17(2)3/h6,8H,4-5,14H2,1-3H3/b9-6-,10-8-,16-12?. The van der Waals surface area contributed by atoms with E-state index in [0.29, 0.717) is 16.7 Å². The fraction of sp³-hybridized carbons (Fsp3) is 0.417. The maximum atomic E-state index is 11.9. The summed E-state index contributed by atoms with van der Waals surface area (Å²) in [5.41, 5.74) is 6.12. The van der Waals surface area contributed by atoms with Crippen LogP contribution >= 0.6 is 15.9 Å². The molecule has 5 nitrogen and oxygen atoms in total. The summed E-state index contributed by atoms with van der Waals surface area (Å²) in [7, 11) is 3.50. The Labute approximate surface area is 116 Å². The number of carbonyl (C=O) groups is 1. The monoisotopic (exact) mass is 312 g/mol. The number of nitrogens with two attached hydrogens (primary N) is 1. The Hall–Kier alpha value is -1.61. The Morgan fingerprint density at radius 2 is 2.17 bits per heavy atom. The van der Waals surface area contributed by atoms with Gasteiger partial charge in [-0.25, -0.2) is 0 Å². The minimum atomic E-state index is -0.286. The van der Waals surface area contributed by atoms with Crippen LogP contribution in [0.5, 0.6) is 0 Å². The molecule has 18 heavy (non-hydrogen) atoms. The summed E-state index contributed by atoms with van der Waals surface area (Å²) >= 11 is 3.25. The van der Waals surface area contributed by atoms with E-state index in [1.807, 2.05) is 13.0 Å². The average molecular weight is 313 g/mol. The molecule has 2 N–H and O–H groups in total. The van der Waals surface area contributed by atoms with Gasteiger partial charge in [-0.1, -0.05) is 0 Å². The van der Waals surface area contributed by atoms with Crippen molar-refractivity contribution in [3.05, 3.63) is 23.5 Å². The van der Waals surface area contributed by atoms with Crippen LogP contribution < -0.4 is 5.73 Å². The predicted molar refractivity (Wildman–Crippen MR) is 76.2 cm³/mol. The first-order chi connectivity index (χ1) is 8.46. The molecular weight excluding hydrogens is 296 g/mol. The number of allylic oxidation sites excluding steroid dienone is 2. The van der Waals surface area contributed by atoms with Crippen molar-refractivity contribution >= 4 is 26.3 Å². The summed E-state index contributed by atoms with van der Waals surface area (Å²) in [5, 5.41) is 8.91. The second-order valence-corrected chi connectivity index (χ2v) is 4.43. The number of hydrogen-bond donors (Lipinski definition) is 1. The molecule has 0 amide bonds. The molecule has 0 bridgehead atoms. The van der Waals surface area contributed by atoms with Crippen LogP contribution in [0.2, 0.25) is 0 Å². The summed E-state index contributed by atoms with van der Waals surface area (Å²) in [6, 6.07) is 1.88. The van der Waals surface area contributed by atoms with Gasteiger partial charge in [0, 0.05) is 45.0 Å². The predicted octanol–water partition coefficient (Wildman–Crippen LogP) is 1.57. The first-order valence-electron chi connectivity index (χ1n) is 5.38. The van der Waals surface area contributed by atoms with E-state index < -0.39 is 0 Å². The van der Waals surface area contributed by atoms with Crippen LogP contribution in [0.25, 0.3) is 0 Å². The largest absolute Gasteiger partial charge is 0.404 e. The lowest BCUT2D eigenvalue weighted by Crippen LogP contribution is -2.11. The molecule has 0 aliphatic rings. The van der Waals surface area contributed by atoms with Crippen LogP contribution in [-0.4, -0.2) is 35.9 Å². The molecule has 0 atom stereocenters. The smallest absolute Gasteiger partial charge is 0.179 e. The van der Waals surface area contributed by atoms with Crippen LogP contribution in [-0.2, 0) is 4.79 Å². The molecule has 0 aliphatic carbocycles. The van der Waals surface area contributed by atoms with E-state index in [9.17, 15) is 4.79 Å². The summed E-state index contributed by atoms with van der Waals surface area (Å²) in [4.78, 5) is 17.7. The van der Waals surface area contributed by atoms with Crippen molar-refractivity contribution in [1.29, 1.82) is 5.26 Å². The van der Waals surface area contributed by atoms with Crippen molar-refractivity contribution in [1.82, 2.24) is 4.90 Å². The van der Waals surface area contributed by atoms with E-state index in [4.69, 9.17) is 11.0 Å². The van der Waals surface area contributed by atoms with Gasteiger partial charge in [-0.3, -0.25) is 9.79 Å². The number of carbonyl (C=O) groups excluding carboxylic acids is 1. The number of nitrogens with zero attached hydrogens (tertiary/aromatic N) is 3. The molecule has 0 radical (unpaired) electrons. The first-order valence-corrected chi connectivity index (χ1v) is 6.18. The zero-order valence-electron chi connectivity index (χ0n) is 10.8. The van der Waals surface area contributed by atoms with Gasteiger partial charge in [-0.2, -0.15) is 5.26 Å². The van der Waals surface area contributed by atoms with E-state index in [2.05, 4.69) is 20.9 Å². The molecule has 0 aromatic carbocycles. The van der Waals surface area contributed by atoms with Gasteiger partial charge < -0.3 is 10.6 Å².